The van der Waals surface area contributed by atoms with Gasteiger partial charge in [-0.2, -0.15) is 0 Å². The fourth-order valence-electron chi connectivity index (χ4n) is 3.20. The van der Waals surface area contributed by atoms with Crippen LogP contribution in [0.25, 0.3) is 0 Å². The van der Waals surface area contributed by atoms with Gasteiger partial charge in [-0.15, -0.1) is 0 Å². The number of amides is 1. The lowest BCUT2D eigenvalue weighted by Crippen LogP contribution is -2.67. The Morgan fingerprint density at radius 2 is 1.91 bits per heavy atom. The molecule has 2 rings (SSSR count). The van der Waals surface area contributed by atoms with Crippen molar-refractivity contribution in [1.29, 1.82) is 0 Å². The average molecular weight is 326 g/mol. The number of nitrogens with zero attached hydrogens (tertiary/aromatic N) is 2. The van der Waals surface area contributed by atoms with E-state index in [-0.39, 0.29) is 37.4 Å². The Balaban J connectivity index is 2.16. The number of hydrogen-bond acceptors (Lipinski definition) is 6. The summed E-state index contributed by atoms with van der Waals surface area (Å²) in [5.74, 6) is -1.43. The van der Waals surface area contributed by atoms with Crippen molar-refractivity contribution in [3.05, 3.63) is 0 Å². The van der Waals surface area contributed by atoms with Crippen LogP contribution in [0.2, 0.25) is 0 Å². The first-order valence-electron chi connectivity index (χ1n) is 8.03. The number of fused-ring (bicyclic) bond motifs is 2. The van der Waals surface area contributed by atoms with Gasteiger partial charge in [-0.05, 0) is 34.7 Å². The second-order valence-electron chi connectivity index (χ2n) is 7.17. The fourth-order valence-corrected chi connectivity index (χ4v) is 3.20. The highest BCUT2D eigenvalue weighted by Gasteiger charge is 2.50. The molecule has 0 radical (unpaired) electrons. The normalized spacial score (nSPS) is 28.5. The molecule has 7 heteroatoms. The van der Waals surface area contributed by atoms with Crippen molar-refractivity contribution >= 4 is 17.8 Å². The average Bonchev–Trinajstić information content (AvgIpc) is 2.38. The zero-order valence-electron chi connectivity index (χ0n) is 14.5. The predicted molar refractivity (Wildman–Crippen MR) is 82.9 cm³/mol. The van der Waals surface area contributed by atoms with Crippen molar-refractivity contribution in [3.63, 3.8) is 0 Å². The zero-order valence-corrected chi connectivity index (χ0v) is 14.5. The maximum atomic E-state index is 12.3. The highest BCUT2D eigenvalue weighted by Crippen LogP contribution is 2.31. The van der Waals surface area contributed by atoms with Gasteiger partial charge in [-0.3, -0.25) is 14.5 Å². The molecule has 7 nitrogen and oxygen atoms in total. The molecule has 130 valence electrons. The Bertz CT molecular complexity index is 491. The number of Topliss-reactive ketones (excluding diaryl/α,β-unsaturated/α-hetero) is 1. The van der Waals surface area contributed by atoms with Crippen LogP contribution in [-0.4, -0.2) is 72.1 Å². The molecule has 2 fully saturated rings. The van der Waals surface area contributed by atoms with Gasteiger partial charge in [0.25, 0.3) is 0 Å². The standard InChI is InChI=1S/C16H26N2O5/c1-6-22-14(20)13-11-9-18(15(21)23-16(2,3)4)8-10(17(11)5)7-12(13)19/h10-11,13H,6-9H2,1-5H3/t10-,11-,13+/m0/s1. The third-order valence-corrected chi connectivity index (χ3v) is 4.30. The summed E-state index contributed by atoms with van der Waals surface area (Å²) in [5.41, 5.74) is -0.577. The predicted octanol–water partition coefficient (Wildman–Crippen LogP) is 1.06. The van der Waals surface area contributed by atoms with Crippen LogP contribution in [0.5, 0.6) is 0 Å². The Hall–Kier alpha value is -1.63. The summed E-state index contributed by atoms with van der Waals surface area (Å²) in [4.78, 5) is 40.4. The number of ketones is 1. The van der Waals surface area contributed by atoms with Crippen molar-refractivity contribution < 1.29 is 23.9 Å². The van der Waals surface area contributed by atoms with E-state index in [0.29, 0.717) is 6.54 Å². The summed E-state index contributed by atoms with van der Waals surface area (Å²) in [5, 5.41) is 0. The van der Waals surface area contributed by atoms with Crippen LogP contribution < -0.4 is 0 Å². The van der Waals surface area contributed by atoms with Gasteiger partial charge in [0, 0.05) is 31.6 Å². The summed E-state index contributed by atoms with van der Waals surface area (Å²) in [6, 6.07) is -0.444. The molecule has 0 spiro atoms. The highest BCUT2D eigenvalue weighted by molar-refractivity contribution is 6.01. The first-order valence-corrected chi connectivity index (χ1v) is 8.03. The second-order valence-corrected chi connectivity index (χ2v) is 7.17. The number of rotatable bonds is 2. The number of esters is 1. The lowest BCUT2D eigenvalue weighted by molar-refractivity contribution is -0.161. The fraction of sp³-hybridized carbons (Fsp3) is 0.812. The molecule has 0 N–H and O–H groups in total. The Morgan fingerprint density at radius 1 is 1.26 bits per heavy atom. The minimum Gasteiger partial charge on any atom is -0.465 e. The molecule has 2 aliphatic heterocycles. The number of carbonyl (C=O) groups is 3. The summed E-state index contributed by atoms with van der Waals surface area (Å²) >= 11 is 0. The number of piperidine rings is 1. The molecule has 0 aliphatic carbocycles. The molecule has 3 atom stereocenters. The molecule has 2 heterocycles. The number of piperazine rings is 1. The lowest BCUT2D eigenvalue weighted by Gasteiger charge is -2.49. The molecule has 2 bridgehead atoms. The quantitative estimate of drug-likeness (QED) is 0.558. The zero-order chi connectivity index (χ0) is 17.4. The summed E-state index contributed by atoms with van der Waals surface area (Å²) in [7, 11) is 1.89. The van der Waals surface area contributed by atoms with Crippen molar-refractivity contribution in [2.45, 2.75) is 51.8 Å². The first-order chi connectivity index (χ1) is 10.6. The Morgan fingerprint density at radius 3 is 2.48 bits per heavy atom. The SMILES string of the molecule is CCOC(=O)[C@H]1C(=O)C[C@H]2CN(C(=O)OC(C)(C)C)C[C@@H]1N2C. The molecule has 0 aromatic carbocycles. The first kappa shape index (κ1) is 17.7. The molecule has 2 aliphatic rings. The molecule has 23 heavy (non-hydrogen) atoms. The van der Waals surface area contributed by atoms with E-state index in [1.165, 1.54) is 0 Å². The molecule has 0 aromatic heterocycles. The molecule has 0 aromatic rings. The molecular formula is C16H26N2O5. The Labute approximate surface area is 136 Å². The number of hydrogen-bond donors (Lipinski definition) is 0. The van der Waals surface area contributed by atoms with E-state index in [0.717, 1.165) is 0 Å². The van der Waals surface area contributed by atoms with Crippen molar-refractivity contribution in [2.75, 3.05) is 26.7 Å². The van der Waals surface area contributed by atoms with Gasteiger partial charge in [0.2, 0.25) is 0 Å². The van der Waals surface area contributed by atoms with E-state index in [1.807, 2.05) is 32.7 Å². The van der Waals surface area contributed by atoms with Crippen LogP contribution in [0.1, 0.15) is 34.1 Å². The number of likely N-dealkylation sites (tertiary alicyclic amines) is 1. The smallest absolute Gasteiger partial charge is 0.410 e. The van der Waals surface area contributed by atoms with Gasteiger partial charge in [0.1, 0.15) is 17.3 Å². The minimum absolute atomic E-state index is 0.0838. The van der Waals surface area contributed by atoms with Gasteiger partial charge in [-0.25, -0.2) is 4.79 Å². The third-order valence-electron chi connectivity index (χ3n) is 4.30. The molecule has 0 unspecified atom stereocenters. The van der Waals surface area contributed by atoms with Crippen LogP contribution in [0.3, 0.4) is 0 Å². The van der Waals surface area contributed by atoms with E-state index < -0.39 is 23.6 Å². The minimum atomic E-state index is -0.832. The topological polar surface area (TPSA) is 76.2 Å². The van der Waals surface area contributed by atoms with Crippen molar-refractivity contribution in [1.82, 2.24) is 9.80 Å². The van der Waals surface area contributed by atoms with Crippen LogP contribution in [0.4, 0.5) is 4.79 Å². The van der Waals surface area contributed by atoms with Crippen LogP contribution >= 0.6 is 0 Å². The van der Waals surface area contributed by atoms with Gasteiger partial charge < -0.3 is 14.4 Å². The molecular weight excluding hydrogens is 300 g/mol. The van der Waals surface area contributed by atoms with E-state index in [1.54, 1.807) is 11.8 Å². The van der Waals surface area contributed by atoms with Crippen molar-refractivity contribution in [2.24, 2.45) is 5.92 Å². The Kier molecular flexibility index (Phi) is 4.98. The van der Waals surface area contributed by atoms with Crippen LogP contribution in [0.15, 0.2) is 0 Å². The summed E-state index contributed by atoms with van der Waals surface area (Å²) in [6.07, 6.45) is -0.159. The van der Waals surface area contributed by atoms with Gasteiger partial charge >= 0.3 is 12.1 Å². The van der Waals surface area contributed by atoms with E-state index in [2.05, 4.69) is 0 Å². The molecule has 1 amide bonds. The summed E-state index contributed by atoms with van der Waals surface area (Å²) < 4.78 is 10.5. The maximum absolute atomic E-state index is 12.3. The monoisotopic (exact) mass is 326 g/mol. The lowest BCUT2D eigenvalue weighted by atomic mass is 9.81. The number of ether oxygens (including phenoxy) is 2. The van der Waals surface area contributed by atoms with Crippen molar-refractivity contribution in [3.8, 4) is 0 Å². The summed E-state index contributed by atoms with van der Waals surface area (Å²) in [6.45, 7) is 8.11. The highest BCUT2D eigenvalue weighted by atomic mass is 16.6. The van der Waals surface area contributed by atoms with E-state index >= 15 is 0 Å². The second kappa shape index (κ2) is 6.47. The van der Waals surface area contributed by atoms with Gasteiger partial charge in [-0.1, -0.05) is 0 Å². The van der Waals surface area contributed by atoms with Gasteiger partial charge in [0.15, 0.2) is 0 Å². The number of carbonyl (C=O) groups excluding carboxylic acids is 3. The van der Waals surface area contributed by atoms with E-state index in [9.17, 15) is 14.4 Å². The van der Waals surface area contributed by atoms with E-state index in [4.69, 9.17) is 9.47 Å². The largest absolute Gasteiger partial charge is 0.465 e. The third kappa shape index (κ3) is 3.83. The van der Waals surface area contributed by atoms with Gasteiger partial charge in [0.05, 0.1) is 6.61 Å². The maximum Gasteiger partial charge on any atom is 0.410 e. The molecule has 2 saturated heterocycles. The number of likely N-dealkylation sites (N-methyl/N-ethyl adjacent to an activating group) is 1. The molecule has 0 saturated carbocycles. The van der Waals surface area contributed by atoms with Crippen LogP contribution in [0, 0.1) is 5.92 Å². The van der Waals surface area contributed by atoms with Crippen LogP contribution in [-0.2, 0) is 19.1 Å².